The predicted molar refractivity (Wildman–Crippen MR) is 411 cm³/mol. The van der Waals surface area contributed by atoms with Gasteiger partial charge in [0.2, 0.25) is 82.7 Å². The lowest BCUT2D eigenvalue weighted by Gasteiger charge is -2.30. The van der Waals surface area contributed by atoms with Crippen LogP contribution in [0.4, 0.5) is 5.69 Å². The number of ether oxygens (including phenoxy) is 1. The fourth-order valence-electron chi connectivity index (χ4n) is 12.1. The van der Waals surface area contributed by atoms with Crippen molar-refractivity contribution in [2.24, 2.45) is 17.4 Å². The first-order chi connectivity index (χ1) is 55.7. The number of rotatable bonds is 37. The summed E-state index contributed by atoms with van der Waals surface area (Å²) in [5.41, 5.74) is 18.0. The number of carbonyl (C=O) groups is 20. The Morgan fingerprint density at radius 1 is 0.551 bits per heavy atom. The van der Waals surface area contributed by atoms with Crippen LogP contribution in [0, 0.1) is 5.92 Å². The highest BCUT2D eigenvalue weighted by Gasteiger charge is 2.41. The average Bonchev–Trinajstić information content (AvgIpc) is 1.78. The lowest BCUT2D eigenvalue weighted by molar-refractivity contribution is -0.156. The molecule has 1 aliphatic rings. The molecule has 1 fully saturated rings. The molecule has 14 atom stereocenters. The SMILES string of the molecule is CCCCCCCCCC(O)CC(=O)NC(Cc1c[nH]c2ccccc12)C(=O)NC(CC(N)=O)C(=O)NC(CC(=O)O)C(=O)NC1C(=O)NCC(=O)NC(CCCN)C(=O)NC(CC(=O)O)C(=O)NC(C)C(=O)NC(CC(=O)O)C(=O)NCC(=O)NC(CO)C(=O)NC(C(C)CC(=O)O)C(=O)NC(CC(=O)c2ccccc2N)C(=O)OC1C. The first-order valence-corrected chi connectivity index (χ1v) is 37.9. The minimum Gasteiger partial charge on any atom is -0.481 e. The Kier molecular flexibility index (Phi) is 40.7. The molecular weight excluding hydrogens is 1560 g/mol. The van der Waals surface area contributed by atoms with E-state index in [2.05, 4.69) is 65.1 Å². The van der Waals surface area contributed by atoms with Gasteiger partial charge in [-0.25, -0.2) is 4.79 Å². The van der Waals surface area contributed by atoms with Crippen molar-refractivity contribution in [3.63, 3.8) is 0 Å². The molecule has 0 radical (unpaired) electrons. The number of carbonyl (C=O) groups excluding carboxylic acids is 16. The van der Waals surface area contributed by atoms with E-state index in [9.17, 15) is 127 Å². The van der Waals surface area contributed by atoms with E-state index < -0.39 is 274 Å². The molecule has 1 saturated heterocycles. The van der Waals surface area contributed by atoms with Crippen LogP contribution in [0.1, 0.15) is 153 Å². The number of amides is 14. The van der Waals surface area contributed by atoms with Crippen molar-refractivity contribution in [2.45, 2.75) is 222 Å². The van der Waals surface area contributed by atoms with Crippen LogP contribution >= 0.6 is 0 Å². The van der Waals surface area contributed by atoms with Crippen molar-refractivity contribution < 1.29 is 131 Å². The molecule has 2 aromatic carbocycles. The number of cyclic esters (lactones) is 1. The van der Waals surface area contributed by atoms with Gasteiger partial charge in [-0.15, -0.1) is 0 Å². The van der Waals surface area contributed by atoms with Gasteiger partial charge in [0, 0.05) is 41.2 Å². The number of nitrogen functional groups attached to an aromatic ring is 1. The lowest BCUT2D eigenvalue weighted by atomic mass is 9.96. The lowest BCUT2D eigenvalue weighted by Crippen LogP contribution is -2.62. The fraction of sp³-hybridized carbons (Fsp3) is 0.541. The summed E-state index contributed by atoms with van der Waals surface area (Å²) in [6.45, 7) is 1.08. The van der Waals surface area contributed by atoms with Crippen molar-refractivity contribution in [2.75, 3.05) is 32.0 Å². The van der Waals surface area contributed by atoms with Crippen molar-refractivity contribution >= 4 is 135 Å². The molecule has 44 nitrogen and oxygen atoms in total. The Hall–Kier alpha value is -12.7. The number of para-hydroxylation sites is 2. The summed E-state index contributed by atoms with van der Waals surface area (Å²) in [5.74, 6) is -30.3. The second kappa shape index (κ2) is 49.2. The third-order valence-electron chi connectivity index (χ3n) is 18.4. The number of nitrogens with two attached hydrogens (primary N) is 3. The first kappa shape index (κ1) is 97.6. The van der Waals surface area contributed by atoms with Crippen molar-refractivity contribution in [3.05, 3.63) is 65.9 Å². The normalized spacial score (nSPS) is 21.2. The number of esters is 1. The van der Waals surface area contributed by atoms with Crippen LogP contribution in [0.5, 0.6) is 0 Å². The summed E-state index contributed by atoms with van der Waals surface area (Å²) in [4.78, 5) is 277. The number of nitrogens with one attached hydrogen (secondary N) is 14. The monoisotopic (exact) mass is 1660 g/mol. The van der Waals surface area contributed by atoms with Gasteiger partial charge in [0.15, 0.2) is 5.78 Å². The molecule has 118 heavy (non-hydrogen) atoms. The van der Waals surface area contributed by atoms with Gasteiger partial charge in [0.25, 0.3) is 0 Å². The number of benzene rings is 2. The second-order valence-corrected chi connectivity index (χ2v) is 28.1. The number of primary amides is 1. The number of carboxylic acids is 4. The molecule has 0 spiro atoms. The molecule has 1 aliphatic heterocycles. The van der Waals surface area contributed by atoms with Gasteiger partial charge in [0.1, 0.15) is 72.6 Å². The van der Waals surface area contributed by atoms with E-state index in [0.717, 1.165) is 59.3 Å². The van der Waals surface area contributed by atoms with Gasteiger partial charge in [-0.3, -0.25) is 91.1 Å². The first-order valence-electron chi connectivity index (χ1n) is 37.9. The Balaban J connectivity index is 1.87. The number of Topliss-reactive ketones (excluding diaryl/α,β-unsaturated/α-hetero) is 1. The number of aliphatic hydroxyl groups excluding tert-OH is 2. The summed E-state index contributed by atoms with van der Waals surface area (Å²) in [6.07, 6.45) is -3.52. The quantitative estimate of drug-likeness (QED) is 0.0111. The number of aliphatic hydroxyl groups is 2. The number of hydrogen-bond acceptors (Lipinski definition) is 25. The highest BCUT2D eigenvalue weighted by molar-refractivity contribution is 6.05. The van der Waals surface area contributed by atoms with Crippen LogP contribution < -0.4 is 86.3 Å². The summed E-state index contributed by atoms with van der Waals surface area (Å²) >= 11 is 0. The number of aromatic nitrogens is 1. The Bertz CT molecular complexity index is 4120. The van der Waals surface area contributed by atoms with E-state index in [1.165, 1.54) is 30.5 Å². The summed E-state index contributed by atoms with van der Waals surface area (Å²) in [5, 5.41) is 89.3. The zero-order valence-electron chi connectivity index (χ0n) is 65.3. The number of anilines is 1. The highest BCUT2D eigenvalue weighted by atomic mass is 16.5. The van der Waals surface area contributed by atoms with Crippen molar-refractivity contribution in [1.29, 1.82) is 0 Å². The standard InChI is InChI=1S/C74H105N17O27/c1-5-6-7-8-9-10-11-17-40(93)26-55(96)83-46(25-39-32-78-44-21-15-13-18-41(39)44)68(111)86-47(28-54(77)95)69(112)88-50(31-61(105)106)70(113)91-63-38(4)118-74(117)51(27-53(94)42-19-12-14-20-43(42)76)89-73(116)62(36(2)24-58(99)100)90-71(114)52(35-92)84-57(98)33-79-65(108)48(29-59(101)102)85-64(107)37(3)81-67(110)49(30-60(103)104)87-66(109)45(22-16-23-75)82-56(97)34-80-72(63)115/h12-15,18-21,32,36-38,40,45-52,62-63,78,92-93H,5-11,16-17,22-31,33-35,75-76H2,1-4H3,(H2,77,95)(H,79,108)(H,80,115)(H,81,110)(H,82,97)(H,83,96)(H,84,98)(H,85,107)(H,86,111)(H,87,109)(H,88,112)(H,89,116)(H,90,114)(H,91,113)(H,99,100)(H,101,102)(H,103,104)(H,105,106). The van der Waals surface area contributed by atoms with Gasteiger partial charge in [-0.05, 0) is 69.3 Å². The van der Waals surface area contributed by atoms with Gasteiger partial charge in [0.05, 0.1) is 64.3 Å². The van der Waals surface area contributed by atoms with E-state index in [4.69, 9.17) is 21.9 Å². The molecule has 14 amide bonds. The molecule has 0 saturated carbocycles. The average molecular weight is 1660 g/mol. The summed E-state index contributed by atoms with van der Waals surface area (Å²) < 4.78 is 5.68. The highest BCUT2D eigenvalue weighted by Crippen LogP contribution is 2.22. The molecule has 14 unspecified atom stereocenters. The molecule has 44 heteroatoms. The Morgan fingerprint density at radius 2 is 1.09 bits per heavy atom. The van der Waals surface area contributed by atoms with Crippen LogP contribution in [0.2, 0.25) is 0 Å². The number of aliphatic carboxylic acids is 4. The van der Waals surface area contributed by atoms with E-state index in [1.54, 1.807) is 24.3 Å². The topological polar surface area (TPSA) is 722 Å². The summed E-state index contributed by atoms with van der Waals surface area (Å²) in [7, 11) is 0. The number of ketones is 1. The minimum atomic E-state index is -2.47. The largest absolute Gasteiger partial charge is 0.481 e. The molecule has 0 bridgehead atoms. The van der Waals surface area contributed by atoms with Crippen molar-refractivity contribution in [3.8, 4) is 0 Å². The molecule has 2 heterocycles. The number of fused-ring (bicyclic) bond motifs is 1. The minimum absolute atomic E-state index is 0.102. The van der Waals surface area contributed by atoms with Gasteiger partial charge >= 0.3 is 29.8 Å². The number of unbranched alkanes of at least 4 members (excludes halogenated alkanes) is 6. The molecule has 648 valence electrons. The van der Waals surface area contributed by atoms with Gasteiger partial charge in [-0.1, -0.05) is 89.1 Å². The van der Waals surface area contributed by atoms with Crippen LogP contribution in [0.25, 0.3) is 10.9 Å². The molecule has 4 rings (SSSR count). The van der Waals surface area contributed by atoms with Gasteiger partial charge in [-0.2, -0.15) is 0 Å². The van der Waals surface area contributed by atoms with E-state index >= 15 is 0 Å². The van der Waals surface area contributed by atoms with E-state index in [0.29, 0.717) is 22.9 Å². The third-order valence-corrected chi connectivity index (χ3v) is 18.4. The van der Waals surface area contributed by atoms with Crippen LogP contribution in [-0.4, -0.2) is 259 Å². The van der Waals surface area contributed by atoms with E-state index in [1.807, 2.05) is 16.0 Å². The summed E-state index contributed by atoms with van der Waals surface area (Å²) in [6, 6.07) is -11.0. The number of hydrogen-bond donors (Lipinski definition) is 23. The van der Waals surface area contributed by atoms with Crippen LogP contribution in [0.15, 0.2) is 54.7 Å². The predicted octanol–water partition coefficient (Wildman–Crippen LogP) is -5.87. The molecule has 3 aromatic rings. The smallest absolute Gasteiger partial charge is 0.329 e. The van der Waals surface area contributed by atoms with Crippen LogP contribution in [0.3, 0.4) is 0 Å². The van der Waals surface area contributed by atoms with Gasteiger partial charge < -0.3 is 127 Å². The Morgan fingerprint density at radius 3 is 1.69 bits per heavy atom. The van der Waals surface area contributed by atoms with Crippen molar-refractivity contribution in [1.82, 2.24) is 74.1 Å². The zero-order chi connectivity index (χ0) is 88.0. The maximum absolute atomic E-state index is 14.9. The molecule has 26 N–H and O–H groups in total. The van der Waals surface area contributed by atoms with E-state index in [-0.39, 0.29) is 37.1 Å². The Labute approximate surface area is 675 Å². The maximum Gasteiger partial charge on any atom is 0.329 e. The number of H-pyrrole nitrogens is 1. The second-order valence-electron chi connectivity index (χ2n) is 28.1. The zero-order valence-corrected chi connectivity index (χ0v) is 65.3. The fourth-order valence-corrected chi connectivity index (χ4v) is 12.1. The maximum atomic E-state index is 14.9. The number of carboxylic acid groups (broad SMARTS) is 4. The molecular formula is C74H105N17O27. The number of aromatic amines is 1. The molecule has 0 aliphatic carbocycles. The third kappa shape index (κ3) is 33.6. The van der Waals surface area contributed by atoms with Crippen LogP contribution in [-0.2, 0) is 102 Å². The molecule has 1 aromatic heterocycles.